The van der Waals surface area contributed by atoms with Crippen LogP contribution in [0.4, 0.5) is 0 Å². The average Bonchev–Trinajstić information content (AvgIpc) is 2.08. The number of nitrogens with zero attached hydrogens (tertiary/aromatic N) is 1. The summed E-state index contributed by atoms with van der Waals surface area (Å²) in [4.78, 5) is 3.78. The molecule has 12 heavy (non-hydrogen) atoms. The van der Waals surface area contributed by atoms with Gasteiger partial charge in [-0.3, -0.25) is 4.98 Å². The van der Waals surface area contributed by atoms with E-state index >= 15 is 0 Å². The van der Waals surface area contributed by atoms with Gasteiger partial charge in [-0.15, -0.1) is 0 Å². The van der Waals surface area contributed by atoms with Gasteiger partial charge in [-0.2, -0.15) is 0 Å². The Morgan fingerprint density at radius 2 is 1.33 bits per heavy atom. The van der Waals surface area contributed by atoms with E-state index in [1.807, 2.05) is 18.2 Å². The normalized spacial score (nSPS) is 6.50. The van der Waals surface area contributed by atoms with Crippen molar-refractivity contribution >= 4 is 0 Å². The molecular formula is C7H16N4Pt. The second-order valence-corrected chi connectivity index (χ2v) is 1.60. The summed E-state index contributed by atoms with van der Waals surface area (Å²) in [5, 5.41) is 0. The Bertz CT molecular complexity index is 107. The molecule has 4 nitrogen and oxygen atoms in total. The van der Waals surface area contributed by atoms with Crippen LogP contribution >= 0.6 is 0 Å². The predicted octanol–water partition coefficient (Wildman–Crippen LogP) is 0.145. The fourth-order valence-electron chi connectivity index (χ4n) is 0.313. The Hall–Kier alpha value is -0.282. The van der Waals surface area contributed by atoms with Gasteiger partial charge in [-0.25, -0.2) is 0 Å². The third-order valence-electron chi connectivity index (χ3n) is 0.733. The van der Waals surface area contributed by atoms with Crippen molar-refractivity contribution in [3.63, 3.8) is 0 Å². The van der Waals surface area contributed by atoms with Crippen LogP contribution in [0.1, 0.15) is 0 Å². The third kappa shape index (κ3) is 16.4. The Balaban J connectivity index is -0.000000124. The molecule has 0 aliphatic heterocycles. The molecule has 0 bridgehead atoms. The molecule has 0 aliphatic carbocycles. The van der Waals surface area contributed by atoms with Gasteiger partial charge in [0.2, 0.25) is 0 Å². The zero-order valence-electron chi connectivity index (χ0n) is 6.93. The van der Waals surface area contributed by atoms with Gasteiger partial charge in [0.25, 0.3) is 0 Å². The van der Waals surface area contributed by atoms with Crippen LogP contribution < -0.4 is 17.6 Å². The molecule has 7 N–H and O–H groups in total. The van der Waals surface area contributed by atoms with E-state index in [0.717, 1.165) is 0 Å². The first-order chi connectivity index (χ1) is 4.91. The Morgan fingerprint density at radius 1 is 0.917 bits per heavy atom. The van der Waals surface area contributed by atoms with Crippen molar-refractivity contribution in [1.82, 2.24) is 11.1 Å². The molecule has 1 aromatic rings. The number of nitrogens with two attached hydrogens (primary N) is 2. The van der Waals surface area contributed by atoms with Crippen LogP contribution in [-0.4, -0.2) is 18.1 Å². The molecule has 1 rings (SSSR count). The number of hydrogen-bond donors (Lipinski definition) is 3. The summed E-state index contributed by atoms with van der Waals surface area (Å²) in [7, 11) is 0. The van der Waals surface area contributed by atoms with Crippen LogP contribution in [0.5, 0.6) is 0 Å². The summed E-state index contributed by atoms with van der Waals surface area (Å²) in [5.41, 5.74) is 9.81. The standard InChI is InChI=1S/C5H5N.C2H8N2.H3N.Pt/c1-2-4-6-5-3-1;3-1-2-4;;/h1-5H;1-4H2;1H3;. The van der Waals surface area contributed by atoms with Crippen molar-refractivity contribution in [1.29, 1.82) is 0 Å². The van der Waals surface area contributed by atoms with Crippen LogP contribution in [0.25, 0.3) is 0 Å². The van der Waals surface area contributed by atoms with Crippen molar-refractivity contribution in [3.05, 3.63) is 30.6 Å². The van der Waals surface area contributed by atoms with Crippen molar-refractivity contribution in [3.8, 4) is 0 Å². The molecule has 0 atom stereocenters. The molecule has 0 amide bonds. The molecule has 0 saturated heterocycles. The van der Waals surface area contributed by atoms with Gasteiger partial charge in [-0.1, -0.05) is 6.07 Å². The quantitative estimate of drug-likeness (QED) is 0.670. The molecule has 0 radical (unpaired) electrons. The average molecular weight is 351 g/mol. The minimum atomic E-state index is 0. The molecule has 0 unspecified atom stereocenters. The zero-order valence-corrected chi connectivity index (χ0v) is 9.20. The molecule has 0 aliphatic rings. The Labute approximate surface area is 87.6 Å². The summed E-state index contributed by atoms with van der Waals surface area (Å²) in [6, 6.07) is 5.72. The van der Waals surface area contributed by atoms with Crippen LogP contribution in [0.15, 0.2) is 30.6 Å². The van der Waals surface area contributed by atoms with Gasteiger partial charge in [-0.05, 0) is 12.1 Å². The summed E-state index contributed by atoms with van der Waals surface area (Å²) < 4.78 is 0. The summed E-state index contributed by atoms with van der Waals surface area (Å²) >= 11 is 0. The fourth-order valence-corrected chi connectivity index (χ4v) is 0.313. The maximum Gasteiger partial charge on any atom is 0.0267 e. The number of aromatic nitrogens is 1. The zero-order chi connectivity index (χ0) is 7.66. The smallest absolute Gasteiger partial charge is 0.0267 e. The van der Waals surface area contributed by atoms with E-state index < -0.39 is 0 Å². The first kappa shape index (κ1) is 17.7. The minimum Gasteiger partial charge on any atom is -0.344 e. The van der Waals surface area contributed by atoms with Gasteiger partial charge in [0, 0.05) is 46.5 Å². The minimum absolute atomic E-state index is 0. The second-order valence-electron chi connectivity index (χ2n) is 1.60. The monoisotopic (exact) mass is 351 g/mol. The number of pyridine rings is 1. The molecule has 1 heterocycles. The van der Waals surface area contributed by atoms with Crippen LogP contribution in [0.3, 0.4) is 0 Å². The maximum atomic E-state index is 4.90. The van der Waals surface area contributed by atoms with Crippen LogP contribution in [0, 0.1) is 0 Å². The van der Waals surface area contributed by atoms with Gasteiger partial charge in [0.1, 0.15) is 0 Å². The second kappa shape index (κ2) is 17.0. The van der Waals surface area contributed by atoms with E-state index in [9.17, 15) is 0 Å². The first-order valence-corrected chi connectivity index (χ1v) is 3.17. The SMILES string of the molecule is N.NCCN.[Pt].c1ccncc1. The van der Waals surface area contributed by atoms with Crippen LogP contribution in [-0.2, 0) is 21.1 Å². The fraction of sp³-hybridized carbons (Fsp3) is 0.286. The molecule has 0 fully saturated rings. The van der Waals surface area contributed by atoms with E-state index in [1.54, 1.807) is 12.4 Å². The summed E-state index contributed by atoms with van der Waals surface area (Å²) in [6.07, 6.45) is 3.50. The van der Waals surface area contributed by atoms with Crippen molar-refractivity contribution in [2.45, 2.75) is 0 Å². The number of hydrogen-bond acceptors (Lipinski definition) is 4. The molecular weight excluding hydrogens is 335 g/mol. The van der Waals surface area contributed by atoms with E-state index in [2.05, 4.69) is 4.98 Å². The molecule has 1 aromatic heterocycles. The van der Waals surface area contributed by atoms with Crippen molar-refractivity contribution in [2.75, 3.05) is 13.1 Å². The third-order valence-corrected chi connectivity index (χ3v) is 0.733. The van der Waals surface area contributed by atoms with E-state index in [0.29, 0.717) is 13.1 Å². The summed E-state index contributed by atoms with van der Waals surface area (Å²) in [6.45, 7) is 1.19. The van der Waals surface area contributed by atoms with E-state index in [4.69, 9.17) is 11.5 Å². The van der Waals surface area contributed by atoms with E-state index in [1.165, 1.54) is 0 Å². The molecule has 0 aromatic carbocycles. The molecule has 0 saturated carbocycles. The molecule has 74 valence electrons. The summed E-state index contributed by atoms with van der Waals surface area (Å²) in [5.74, 6) is 0. The van der Waals surface area contributed by atoms with Gasteiger partial charge in [0.15, 0.2) is 0 Å². The van der Waals surface area contributed by atoms with Crippen LogP contribution in [0.2, 0.25) is 0 Å². The van der Waals surface area contributed by atoms with Gasteiger partial charge in [0.05, 0.1) is 0 Å². The molecule has 5 heteroatoms. The van der Waals surface area contributed by atoms with Gasteiger partial charge >= 0.3 is 0 Å². The largest absolute Gasteiger partial charge is 0.344 e. The van der Waals surface area contributed by atoms with E-state index in [-0.39, 0.29) is 27.2 Å². The predicted molar refractivity (Wildman–Crippen MR) is 47.4 cm³/mol. The number of rotatable bonds is 1. The molecule has 0 spiro atoms. The van der Waals surface area contributed by atoms with Crippen molar-refractivity contribution < 1.29 is 21.1 Å². The van der Waals surface area contributed by atoms with Crippen molar-refractivity contribution in [2.24, 2.45) is 11.5 Å². The van der Waals surface area contributed by atoms with Gasteiger partial charge < -0.3 is 17.6 Å². The maximum absolute atomic E-state index is 4.90. The topological polar surface area (TPSA) is 99.9 Å². The Kier molecular flexibility index (Phi) is 25.1. The Morgan fingerprint density at radius 3 is 1.42 bits per heavy atom. The first-order valence-electron chi connectivity index (χ1n) is 3.17.